The summed E-state index contributed by atoms with van der Waals surface area (Å²) >= 11 is 1.68. The number of hydrogen-bond acceptors (Lipinski definition) is 3. The van der Waals surface area contributed by atoms with Crippen molar-refractivity contribution in [2.45, 2.75) is 84.5 Å². The number of carbonyl (C=O) groups excluding carboxylic acids is 2. The van der Waals surface area contributed by atoms with E-state index >= 15 is 0 Å². The van der Waals surface area contributed by atoms with Crippen molar-refractivity contribution in [3.05, 3.63) is 57.8 Å². The van der Waals surface area contributed by atoms with Gasteiger partial charge < -0.3 is 15.1 Å². The molecule has 5 nitrogen and oxygen atoms in total. The standard InChI is InChI=1S/C26H37N3O2S/c1-20-15-16-32-23(20)18-28(17-21-11-7-5-8-12-21)24(30)19-29(22-13-9-6-10-14-22)25(31)27-26(2,3)4/h5,7-8,11-12,15-16,22H,6,9-10,13-14,17-19H2,1-4H3,(H,27,31). The fourth-order valence-corrected chi connectivity index (χ4v) is 5.09. The summed E-state index contributed by atoms with van der Waals surface area (Å²) in [5.41, 5.74) is 1.96. The largest absolute Gasteiger partial charge is 0.333 e. The van der Waals surface area contributed by atoms with Gasteiger partial charge in [-0.3, -0.25) is 4.79 Å². The van der Waals surface area contributed by atoms with Gasteiger partial charge in [-0.1, -0.05) is 49.6 Å². The van der Waals surface area contributed by atoms with Gasteiger partial charge in [0.15, 0.2) is 0 Å². The van der Waals surface area contributed by atoms with Gasteiger partial charge in [-0.25, -0.2) is 4.79 Å². The van der Waals surface area contributed by atoms with Crippen LogP contribution in [0.3, 0.4) is 0 Å². The predicted octanol–water partition coefficient (Wildman–Crippen LogP) is 5.73. The third-order valence-electron chi connectivity index (χ3n) is 5.94. The average Bonchev–Trinajstić information content (AvgIpc) is 3.16. The Kier molecular flexibility index (Phi) is 8.35. The fraction of sp³-hybridized carbons (Fsp3) is 0.538. The quantitative estimate of drug-likeness (QED) is 0.580. The van der Waals surface area contributed by atoms with E-state index in [0.717, 1.165) is 31.2 Å². The van der Waals surface area contributed by atoms with Crippen molar-refractivity contribution in [3.63, 3.8) is 0 Å². The maximum atomic E-state index is 13.6. The number of thiophene rings is 1. The highest BCUT2D eigenvalue weighted by molar-refractivity contribution is 7.10. The Labute approximate surface area is 196 Å². The topological polar surface area (TPSA) is 52.7 Å². The van der Waals surface area contributed by atoms with Crippen LogP contribution in [0, 0.1) is 6.92 Å². The minimum atomic E-state index is -0.342. The number of aryl methyl sites for hydroxylation is 1. The number of nitrogens with one attached hydrogen (secondary N) is 1. The molecule has 0 radical (unpaired) electrons. The summed E-state index contributed by atoms with van der Waals surface area (Å²) in [7, 11) is 0. The monoisotopic (exact) mass is 455 g/mol. The van der Waals surface area contributed by atoms with Crippen LogP contribution in [0.4, 0.5) is 4.79 Å². The summed E-state index contributed by atoms with van der Waals surface area (Å²) in [6, 6.07) is 12.2. The molecular weight excluding hydrogens is 418 g/mol. The predicted molar refractivity (Wildman–Crippen MR) is 132 cm³/mol. The van der Waals surface area contributed by atoms with Gasteiger partial charge in [0.1, 0.15) is 6.54 Å². The van der Waals surface area contributed by atoms with Crippen LogP contribution in [0.1, 0.15) is 68.9 Å². The molecule has 0 spiro atoms. The molecule has 174 valence electrons. The molecule has 0 bridgehead atoms. The van der Waals surface area contributed by atoms with E-state index in [-0.39, 0.29) is 30.1 Å². The van der Waals surface area contributed by atoms with Crippen molar-refractivity contribution in [1.29, 1.82) is 0 Å². The van der Waals surface area contributed by atoms with Crippen LogP contribution in [0.15, 0.2) is 41.8 Å². The molecule has 32 heavy (non-hydrogen) atoms. The molecule has 1 saturated carbocycles. The fourth-order valence-electron chi connectivity index (χ4n) is 4.17. The summed E-state index contributed by atoms with van der Waals surface area (Å²) in [5, 5.41) is 5.15. The Morgan fingerprint density at radius 1 is 1.03 bits per heavy atom. The second-order valence-corrected chi connectivity index (χ2v) is 10.9. The molecule has 2 aromatic rings. The normalized spacial score (nSPS) is 14.8. The van der Waals surface area contributed by atoms with E-state index in [9.17, 15) is 9.59 Å². The highest BCUT2D eigenvalue weighted by atomic mass is 32.1. The van der Waals surface area contributed by atoms with Crippen LogP contribution in [0.2, 0.25) is 0 Å². The molecule has 0 aliphatic heterocycles. The first-order chi connectivity index (χ1) is 15.2. The number of hydrogen-bond donors (Lipinski definition) is 1. The van der Waals surface area contributed by atoms with Gasteiger partial charge >= 0.3 is 6.03 Å². The lowest BCUT2D eigenvalue weighted by atomic mass is 9.94. The molecule has 0 atom stereocenters. The molecule has 1 aromatic heterocycles. The zero-order valence-electron chi connectivity index (χ0n) is 19.9. The second-order valence-electron chi connectivity index (χ2n) is 9.86. The van der Waals surface area contributed by atoms with Crippen LogP contribution >= 0.6 is 11.3 Å². The van der Waals surface area contributed by atoms with E-state index in [4.69, 9.17) is 0 Å². The lowest BCUT2D eigenvalue weighted by Gasteiger charge is -2.37. The summed E-state index contributed by atoms with van der Waals surface area (Å²) in [5.74, 6) is -0.00344. The smallest absolute Gasteiger partial charge is 0.318 e. The zero-order valence-corrected chi connectivity index (χ0v) is 20.7. The van der Waals surface area contributed by atoms with E-state index in [0.29, 0.717) is 13.1 Å². The molecule has 0 saturated heterocycles. The summed E-state index contributed by atoms with van der Waals surface area (Å²) in [6.07, 6.45) is 5.36. The van der Waals surface area contributed by atoms with Crippen molar-refractivity contribution in [2.24, 2.45) is 0 Å². The summed E-state index contributed by atoms with van der Waals surface area (Å²) in [4.78, 5) is 31.7. The molecule has 1 aromatic carbocycles. The molecule has 0 unspecified atom stereocenters. The molecular formula is C26H37N3O2S. The third-order valence-corrected chi connectivity index (χ3v) is 6.94. The Morgan fingerprint density at radius 3 is 2.31 bits per heavy atom. The van der Waals surface area contributed by atoms with Crippen LogP contribution in [0.5, 0.6) is 0 Å². The van der Waals surface area contributed by atoms with E-state index in [1.54, 1.807) is 16.2 Å². The highest BCUT2D eigenvalue weighted by Gasteiger charge is 2.31. The number of carbonyl (C=O) groups is 2. The highest BCUT2D eigenvalue weighted by Crippen LogP contribution is 2.24. The first-order valence-electron chi connectivity index (χ1n) is 11.7. The summed E-state index contributed by atoms with van der Waals surface area (Å²) < 4.78 is 0. The van der Waals surface area contributed by atoms with E-state index in [1.165, 1.54) is 16.9 Å². The van der Waals surface area contributed by atoms with Gasteiger partial charge in [-0.15, -0.1) is 11.3 Å². The van der Waals surface area contributed by atoms with Crippen LogP contribution in [0.25, 0.3) is 0 Å². The number of nitrogens with zero attached hydrogens (tertiary/aromatic N) is 2. The number of amides is 3. The van der Waals surface area contributed by atoms with Crippen molar-refractivity contribution in [2.75, 3.05) is 6.54 Å². The molecule has 6 heteroatoms. The van der Waals surface area contributed by atoms with Crippen molar-refractivity contribution >= 4 is 23.3 Å². The Morgan fingerprint density at radius 2 is 1.72 bits per heavy atom. The van der Waals surface area contributed by atoms with Gasteiger partial charge in [-0.2, -0.15) is 0 Å². The van der Waals surface area contributed by atoms with Gasteiger partial charge in [0.2, 0.25) is 5.91 Å². The lowest BCUT2D eigenvalue weighted by Crippen LogP contribution is -2.55. The van der Waals surface area contributed by atoms with E-state index < -0.39 is 0 Å². The van der Waals surface area contributed by atoms with Crippen LogP contribution in [-0.4, -0.2) is 39.9 Å². The maximum Gasteiger partial charge on any atom is 0.318 e. The molecule has 1 heterocycles. The Hall–Kier alpha value is -2.34. The van der Waals surface area contributed by atoms with Crippen molar-refractivity contribution in [3.8, 4) is 0 Å². The Bertz CT molecular complexity index is 882. The first kappa shape index (κ1) is 24.3. The molecule has 3 rings (SSSR count). The van der Waals surface area contributed by atoms with E-state index in [1.807, 2.05) is 56.0 Å². The van der Waals surface area contributed by atoms with Crippen LogP contribution < -0.4 is 5.32 Å². The third kappa shape index (κ3) is 7.09. The second kappa shape index (κ2) is 11.0. The summed E-state index contributed by atoms with van der Waals surface area (Å²) in [6.45, 7) is 9.24. The molecule has 1 N–H and O–H groups in total. The Balaban J connectivity index is 1.80. The van der Waals surface area contributed by atoms with Gasteiger partial charge in [0.05, 0.1) is 6.54 Å². The lowest BCUT2D eigenvalue weighted by molar-refractivity contribution is -0.133. The van der Waals surface area contributed by atoms with Crippen molar-refractivity contribution < 1.29 is 9.59 Å². The average molecular weight is 456 g/mol. The van der Waals surface area contributed by atoms with Gasteiger partial charge in [0.25, 0.3) is 0 Å². The first-order valence-corrected chi connectivity index (χ1v) is 12.5. The zero-order chi connectivity index (χ0) is 23.1. The van der Waals surface area contributed by atoms with E-state index in [2.05, 4.69) is 23.7 Å². The minimum absolute atomic E-state index is 0.00344. The molecule has 1 aliphatic rings. The molecule has 1 aliphatic carbocycles. The SMILES string of the molecule is Cc1ccsc1CN(Cc1ccccc1)C(=O)CN(C(=O)NC(C)(C)C)C1CCCCC1. The van der Waals surface area contributed by atoms with Gasteiger partial charge in [-0.05, 0) is 63.1 Å². The minimum Gasteiger partial charge on any atom is -0.333 e. The molecule has 1 fully saturated rings. The maximum absolute atomic E-state index is 13.6. The van der Waals surface area contributed by atoms with Gasteiger partial charge in [0, 0.05) is 23.0 Å². The number of rotatable bonds is 7. The van der Waals surface area contributed by atoms with Crippen molar-refractivity contribution in [1.82, 2.24) is 15.1 Å². The molecule has 3 amide bonds. The number of benzene rings is 1. The van der Waals surface area contributed by atoms with Crippen LogP contribution in [-0.2, 0) is 17.9 Å². The number of urea groups is 1.